The van der Waals surface area contributed by atoms with E-state index in [1.165, 1.54) is 0 Å². The molecule has 0 radical (unpaired) electrons. The summed E-state index contributed by atoms with van der Waals surface area (Å²) in [5, 5.41) is 20.4. The molecule has 0 aliphatic rings. The van der Waals surface area contributed by atoms with Gasteiger partial charge in [-0.2, -0.15) is 5.10 Å². The number of rotatable bonds is 4. The lowest BCUT2D eigenvalue weighted by Crippen LogP contribution is -2.29. The first-order valence-electron chi connectivity index (χ1n) is 9.63. The summed E-state index contributed by atoms with van der Waals surface area (Å²) >= 11 is 0. The number of aromatic nitrogens is 2. The second kappa shape index (κ2) is 7.04. The monoisotopic (exact) mass is 376 g/mol. The number of nitrogens with one attached hydrogen (secondary N) is 1. The first-order chi connectivity index (χ1) is 14.3. The van der Waals surface area contributed by atoms with Gasteiger partial charge >= 0.3 is 0 Å². The van der Waals surface area contributed by atoms with Crippen molar-refractivity contribution < 1.29 is 5.11 Å². The van der Waals surface area contributed by atoms with Crippen molar-refractivity contribution in [1.29, 1.82) is 0 Å². The summed E-state index contributed by atoms with van der Waals surface area (Å²) in [6.45, 7) is 0. The van der Waals surface area contributed by atoms with Gasteiger partial charge in [-0.25, -0.2) is 0 Å². The van der Waals surface area contributed by atoms with E-state index in [9.17, 15) is 5.11 Å². The fraction of sp³-hybridized carbons (Fsp3) is 0.0385. The van der Waals surface area contributed by atoms with Crippen LogP contribution in [0.4, 0.5) is 0 Å². The minimum atomic E-state index is -1.31. The Morgan fingerprint density at radius 3 is 2.17 bits per heavy atom. The molecule has 3 nitrogen and oxygen atoms in total. The van der Waals surface area contributed by atoms with Gasteiger partial charge in [0.25, 0.3) is 0 Å². The molecule has 140 valence electrons. The highest BCUT2D eigenvalue weighted by molar-refractivity contribution is 5.80. The first-order valence-corrected chi connectivity index (χ1v) is 9.63. The normalized spacial score (nSPS) is 13.3. The molecule has 0 saturated carbocycles. The van der Waals surface area contributed by atoms with Gasteiger partial charge in [0.1, 0.15) is 5.60 Å². The molecule has 1 aromatic heterocycles. The fourth-order valence-corrected chi connectivity index (χ4v) is 3.99. The van der Waals surface area contributed by atoms with Crippen molar-refractivity contribution in [2.24, 2.45) is 0 Å². The number of hydrogen-bond donors (Lipinski definition) is 2. The van der Waals surface area contributed by atoms with Crippen LogP contribution >= 0.6 is 0 Å². The highest BCUT2D eigenvalue weighted by atomic mass is 16.3. The number of nitrogens with zero attached hydrogens (tertiary/aromatic N) is 1. The summed E-state index contributed by atoms with van der Waals surface area (Å²) in [5.41, 5.74) is 4.20. The summed E-state index contributed by atoms with van der Waals surface area (Å²) in [6, 6.07) is 34.0. The van der Waals surface area contributed by atoms with Crippen LogP contribution in [0.1, 0.15) is 16.7 Å². The maximum absolute atomic E-state index is 12.3. The Bertz CT molecular complexity index is 1260. The maximum Gasteiger partial charge on any atom is 0.141 e. The third-order valence-electron chi connectivity index (χ3n) is 5.45. The van der Waals surface area contributed by atoms with Crippen LogP contribution in [-0.2, 0) is 5.60 Å². The van der Waals surface area contributed by atoms with Crippen molar-refractivity contribution in [2.75, 3.05) is 0 Å². The molecule has 4 aromatic carbocycles. The van der Waals surface area contributed by atoms with Crippen LogP contribution in [0.3, 0.4) is 0 Å². The highest BCUT2D eigenvalue weighted by Gasteiger charge is 2.36. The first kappa shape index (κ1) is 17.4. The molecule has 1 unspecified atom stereocenters. The molecule has 0 fully saturated rings. The van der Waals surface area contributed by atoms with Crippen molar-refractivity contribution in [3.8, 4) is 11.1 Å². The molecule has 1 heterocycles. The predicted molar refractivity (Wildman–Crippen MR) is 117 cm³/mol. The molecule has 29 heavy (non-hydrogen) atoms. The number of benzene rings is 4. The number of hydrogen-bond acceptors (Lipinski definition) is 2. The van der Waals surface area contributed by atoms with E-state index in [0.717, 1.165) is 38.7 Å². The van der Waals surface area contributed by atoms with E-state index in [1.807, 2.05) is 84.9 Å². The van der Waals surface area contributed by atoms with Crippen molar-refractivity contribution in [1.82, 2.24) is 10.2 Å². The van der Waals surface area contributed by atoms with E-state index >= 15 is 0 Å². The number of fused-ring (bicyclic) bond motifs is 1. The quantitative estimate of drug-likeness (QED) is 0.406. The molecule has 5 rings (SSSR count). The van der Waals surface area contributed by atoms with Crippen LogP contribution in [0.15, 0.2) is 109 Å². The van der Waals surface area contributed by atoms with Crippen molar-refractivity contribution in [3.05, 3.63) is 126 Å². The average Bonchev–Trinajstić information content (AvgIpc) is 3.28. The van der Waals surface area contributed by atoms with Crippen molar-refractivity contribution in [2.45, 2.75) is 5.60 Å². The minimum Gasteiger partial charge on any atom is -0.376 e. The highest BCUT2D eigenvalue weighted by Crippen LogP contribution is 2.42. The van der Waals surface area contributed by atoms with Crippen molar-refractivity contribution in [3.63, 3.8) is 0 Å². The third-order valence-corrected chi connectivity index (χ3v) is 5.45. The second-order valence-corrected chi connectivity index (χ2v) is 7.16. The summed E-state index contributed by atoms with van der Waals surface area (Å²) in [7, 11) is 0. The lowest BCUT2D eigenvalue weighted by atomic mass is 9.77. The SMILES string of the molecule is OC(c1ccccc1)(c1ccc2[nH]ncc2c1)c1ccccc1-c1ccccc1. The Kier molecular flexibility index (Phi) is 4.23. The Labute approximate surface area is 169 Å². The molecule has 5 aromatic rings. The molecule has 0 saturated heterocycles. The Hall–Kier alpha value is -3.69. The van der Waals surface area contributed by atoms with Gasteiger partial charge in [0.15, 0.2) is 0 Å². The van der Waals surface area contributed by atoms with E-state index in [-0.39, 0.29) is 0 Å². The van der Waals surface area contributed by atoms with E-state index in [1.54, 1.807) is 6.20 Å². The molecule has 0 spiro atoms. The van der Waals surface area contributed by atoms with Gasteiger partial charge in [-0.1, -0.05) is 91.0 Å². The summed E-state index contributed by atoms with van der Waals surface area (Å²) in [5.74, 6) is 0. The molecule has 2 N–H and O–H groups in total. The summed E-state index contributed by atoms with van der Waals surface area (Å²) in [4.78, 5) is 0. The van der Waals surface area contributed by atoms with E-state index in [4.69, 9.17) is 0 Å². The standard InChI is InChI=1S/C26H20N2O/c29-26(21-11-5-2-6-12-21,22-15-16-25-20(17-22)18-27-28-25)24-14-8-7-13-23(24)19-9-3-1-4-10-19/h1-18,29H,(H,27,28). The molecular weight excluding hydrogens is 356 g/mol. The van der Waals surface area contributed by atoms with Gasteiger partial charge in [0, 0.05) is 10.9 Å². The molecule has 0 aliphatic carbocycles. The van der Waals surface area contributed by atoms with Crippen molar-refractivity contribution >= 4 is 10.9 Å². The summed E-state index contributed by atoms with van der Waals surface area (Å²) < 4.78 is 0. The summed E-state index contributed by atoms with van der Waals surface area (Å²) in [6.07, 6.45) is 1.79. The third kappa shape index (κ3) is 2.93. The van der Waals surface area contributed by atoms with Gasteiger partial charge in [0.05, 0.1) is 11.7 Å². The maximum atomic E-state index is 12.3. The number of aromatic amines is 1. The van der Waals surface area contributed by atoms with Gasteiger partial charge in [-0.3, -0.25) is 5.10 Å². The Morgan fingerprint density at radius 2 is 1.38 bits per heavy atom. The topological polar surface area (TPSA) is 48.9 Å². The molecule has 0 aliphatic heterocycles. The van der Waals surface area contributed by atoms with Crippen LogP contribution in [0, 0.1) is 0 Å². The van der Waals surface area contributed by atoms with Crippen LogP contribution in [0.2, 0.25) is 0 Å². The molecule has 1 atom stereocenters. The number of aliphatic hydroxyl groups is 1. The average molecular weight is 376 g/mol. The van der Waals surface area contributed by atoms with Gasteiger partial charge in [-0.05, 0) is 34.4 Å². The largest absolute Gasteiger partial charge is 0.376 e. The fourth-order valence-electron chi connectivity index (χ4n) is 3.99. The number of H-pyrrole nitrogens is 1. The molecule has 0 bridgehead atoms. The molecular formula is C26H20N2O. The second-order valence-electron chi connectivity index (χ2n) is 7.16. The van der Waals surface area contributed by atoms with Crippen LogP contribution < -0.4 is 0 Å². The predicted octanol–water partition coefficient (Wildman–Crippen LogP) is 5.51. The molecule has 3 heteroatoms. The Morgan fingerprint density at radius 1 is 0.690 bits per heavy atom. The minimum absolute atomic E-state index is 0.806. The zero-order chi connectivity index (χ0) is 19.7. The smallest absolute Gasteiger partial charge is 0.141 e. The van der Waals surface area contributed by atoms with Crippen LogP contribution in [-0.4, -0.2) is 15.3 Å². The lowest BCUT2D eigenvalue weighted by Gasteiger charge is -2.32. The van der Waals surface area contributed by atoms with Crippen LogP contribution in [0.25, 0.3) is 22.0 Å². The molecule has 0 amide bonds. The van der Waals surface area contributed by atoms with E-state index in [0.29, 0.717) is 0 Å². The lowest BCUT2D eigenvalue weighted by molar-refractivity contribution is 0.126. The van der Waals surface area contributed by atoms with E-state index < -0.39 is 5.60 Å². The van der Waals surface area contributed by atoms with Crippen LogP contribution in [0.5, 0.6) is 0 Å². The van der Waals surface area contributed by atoms with Gasteiger partial charge in [0.2, 0.25) is 0 Å². The van der Waals surface area contributed by atoms with Gasteiger partial charge < -0.3 is 5.11 Å². The Balaban J connectivity index is 1.81. The van der Waals surface area contributed by atoms with E-state index in [2.05, 4.69) is 28.4 Å². The van der Waals surface area contributed by atoms with Gasteiger partial charge in [-0.15, -0.1) is 0 Å². The zero-order valence-corrected chi connectivity index (χ0v) is 15.8. The zero-order valence-electron chi connectivity index (χ0n) is 15.8.